The van der Waals surface area contributed by atoms with E-state index in [9.17, 15) is 9.18 Å². The third kappa shape index (κ3) is 2.16. The van der Waals surface area contributed by atoms with Gasteiger partial charge in [-0.2, -0.15) is 5.10 Å². The summed E-state index contributed by atoms with van der Waals surface area (Å²) < 4.78 is 17.4. The number of aromatic nitrogens is 4. The Balaban J connectivity index is 1.91. The van der Waals surface area contributed by atoms with Gasteiger partial charge in [-0.1, -0.05) is 12.1 Å². The number of hydrogen-bond donors (Lipinski definition) is 0. The predicted molar refractivity (Wildman–Crippen MR) is 88.4 cm³/mol. The lowest BCUT2D eigenvalue weighted by Gasteiger charge is -2.06. The van der Waals surface area contributed by atoms with Gasteiger partial charge in [0.05, 0.1) is 22.4 Å². The number of benzene rings is 1. The number of fused-ring (bicyclic) bond motifs is 3. The third-order valence-electron chi connectivity index (χ3n) is 3.85. The lowest BCUT2D eigenvalue weighted by atomic mass is 10.2. The van der Waals surface area contributed by atoms with E-state index in [-0.39, 0.29) is 17.9 Å². The average molecular weight is 328 g/mol. The van der Waals surface area contributed by atoms with Crippen molar-refractivity contribution in [3.8, 4) is 0 Å². The van der Waals surface area contributed by atoms with E-state index < -0.39 is 0 Å². The Labute approximate surface area is 134 Å². The molecular formula is C16H13FN4OS. The van der Waals surface area contributed by atoms with Crippen LogP contribution in [-0.2, 0) is 13.6 Å². The van der Waals surface area contributed by atoms with E-state index in [1.807, 2.05) is 14.0 Å². The van der Waals surface area contributed by atoms with Crippen molar-refractivity contribution >= 4 is 32.6 Å². The van der Waals surface area contributed by atoms with Gasteiger partial charge in [0.25, 0.3) is 5.56 Å². The van der Waals surface area contributed by atoms with E-state index in [1.165, 1.54) is 16.8 Å². The van der Waals surface area contributed by atoms with Crippen molar-refractivity contribution < 1.29 is 4.39 Å². The lowest BCUT2D eigenvalue weighted by Crippen LogP contribution is -2.24. The zero-order valence-electron chi connectivity index (χ0n) is 12.6. The van der Waals surface area contributed by atoms with Crippen LogP contribution in [0.4, 0.5) is 4.39 Å². The Morgan fingerprint density at radius 2 is 2.17 bits per heavy atom. The summed E-state index contributed by atoms with van der Waals surface area (Å²) in [5.41, 5.74) is 1.87. The number of rotatable bonds is 2. The minimum absolute atomic E-state index is 0.197. The zero-order chi connectivity index (χ0) is 16.1. The molecule has 116 valence electrons. The van der Waals surface area contributed by atoms with E-state index in [0.29, 0.717) is 11.1 Å². The minimum atomic E-state index is -0.323. The molecule has 23 heavy (non-hydrogen) atoms. The number of hydrogen-bond acceptors (Lipinski definition) is 4. The topological polar surface area (TPSA) is 52.7 Å². The first-order valence-electron chi connectivity index (χ1n) is 7.10. The Kier molecular flexibility index (Phi) is 3.05. The second-order valence-corrected chi connectivity index (χ2v) is 6.65. The fourth-order valence-corrected chi connectivity index (χ4v) is 3.78. The molecule has 0 fully saturated rings. The summed E-state index contributed by atoms with van der Waals surface area (Å²) in [5, 5.41) is 6.02. The predicted octanol–water partition coefficient (Wildman–Crippen LogP) is 2.84. The fraction of sp³-hybridized carbons (Fsp3) is 0.188. The number of aryl methyl sites for hydroxylation is 2. The van der Waals surface area contributed by atoms with Crippen molar-refractivity contribution in [2.24, 2.45) is 7.05 Å². The third-order valence-corrected chi connectivity index (χ3v) is 4.85. The average Bonchev–Trinajstić information content (AvgIpc) is 3.00. The molecule has 7 heteroatoms. The molecule has 0 aliphatic rings. The van der Waals surface area contributed by atoms with Crippen LogP contribution in [0.15, 0.2) is 35.3 Å². The molecule has 1 aromatic carbocycles. The molecular weight excluding hydrogens is 315 g/mol. The first-order chi connectivity index (χ1) is 11.0. The second-order valence-electron chi connectivity index (χ2n) is 5.44. The quantitative estimate of drug-likeness (QED) is 0.568. The maximum atomic E-state index is 13.3. The molecule has 0 spiro atoms. The SMILES string of the molecule is Cc1nc2c(s1)c1cnn(Cc3cccc(F)c3)c(=O)c1n2C. The molecule has 0 aliphatic heterocycles. The van der Waals surface area contributed by atoms with Crippen LogP contribution < -0.4 is 5.56 Å². The van der Waals surface area contributed by atoms with Crippen molar-refractivity contribution in [3.63, 3.8) is 0 Å². The highest BCUT2D eigenvalue weighted by Crippen LogP contribution is 2.30. The van der Waals surface area contributed by atoms with Crippen LogP contribution in [0.1, 0.15) is 10.6 Å². The van der Waals surface area contributed by atoms with Crippen molar-refractivity contribution in [2.75, 3.05) is 0 Å². The molecule has 0 unspecified atom stereocenters. The van der Waals surface area contributed by atoms with Crippen molar-refractivity contribution in [1.29, 1.82) is 0 Å². The maximum absolute atomic E-state index is 13.3. The smallest absolute Gasteiger partial charge is 0.291 e. The first-order valence-corrected chi connectivity index (χ1v) is 7.92. The molecule has 0 bridgehead atoms. The Bertz CT molecular complexity index is 1110. The number of nitrogens with zero attached hydrogens (tertiary/aromatic N) is 4. The van der Waals surface area contributed by atoms with Gasteiger partial charge in [-0.15, -0.1) is 11.3 Å². The Hall–Kier alpha value is -2.54. The highest BCUT2D eigenvalue weighted by atomic mass is 32.1. The zero-order valence-corrected chi connectivity index (χ0v) is 13.4. The summed E-state index contributed by atoms with van der Waals surface area (Å²) in [5.74, 6) is -0.323. The summed E-state index contributed by atoms with van der Waals surface area (Å²) in [4.78, 5) is 17.2. The number of thiazole rings is 1. The van der Waals surface area contributed by atoms with Crippen LogP contribution >= 0.6 is 11.3 Å². The summed E-state index contributed by atoms with van der Waals surface area (Å²) in [6, 6.07) is 6.18. The molecule has 0 amide bonds. The maximum Gasteiger partial charge on any atom is 0.291 e. The summed E-state index contributed by atoms with van der Waals surface area (Å²) >= 11 is 1.55. The van der Waals surface area contributed by atoms with Gasteiger partial charge in [-0.25, -0.2) is 14.1 Å². The molecule has 3 heterocycles. The van der Waals surface area contributed by atoms with Crippen molar-refractivity contribution in [2.45, 2.75) is 13.5 Å². The molecule has 0 N–H and O–H groups in total. The minimum Gasteiger partial charge on any atom is -0.323 e. The molecule has 4 aromatic rings. The van der Waals surface area contributed by atoms with E-state index in [2.05, 4.69) is 10.1 Å². The van der Waals surface area contributed by atoms with Crippen molar-refractivity contribution in [1.82, 2.24) is 19.3 Å². The van der Waals surface area contributed by atoms with Crippen LogP contribution in [0.5, 0.6) is 0 Å². The van der Waals surface area contributed by atoms with E-state index in [1.54, 1.807) is 34.2 Å². The summed E-state index contributed by atoms with van der Waals surface area (Å²) in [6.07, 6.45) is 1.69. The summed E-state index contributed by atoms with van der Waals surface area (Å²) in [6.45, 7) is 2.17. The van der Waals surface area contributed by atoms with Crippen LogP contribution in [0.2, 0.25) is 0 Å². The van der Waals surface area contributed by atoms with Crippen molar-refractivity contribution in [3.05, 3.63) is 57.2 Å². The van der Waals surface area contributed by atoms with Gasteiger partial charge in [0, 0.05) is 12.4 Å². The molecule has 0 saturated carbocycles. The lowest BCUT2D eigenvalue weighted by molar-refractivity contribution is 0.612. The van der Waals surface area contributed by atoms with E-state index >= 15 is 0 Å². The second kappa shape index (κ2) is 4.99. The highest BCUT2D eigenvalue weighted by molar-refractivity contribution is 7.19. The van der Waals surface area contributed by atoms with Gasteiger partial charge >= 0.3 is 0 Å². The van der Waals surface area contributed by atoms with Crippen LogP contribution in [0.3, 0.4) is 0 Å². The monoisotopic (exact) mass is 328 g/mol. The normalized spacial score (nSPS) is 11.6. The molecule has 0 atom stereocenters. The molecule has 3 aromatic heterocycles. The van der Waals surface area contributed by atoms with E-state index in [0.717, 1.165) is 20.7 Å². The Morgan fingerprint density at radius 3 is 2.96 bits per heavy atom. The molecule has 4 rings (SSSR count). The van der Waals surface area contributed by atoms with Gasteiger partial charge in [-0.05, 0) is 24.6 Å². The first kappa shape index (κ1) is 14.1. The fourth-order valence-electron chi connectivity index (χ4n) is 2.81. The van der Waals surface area contributed by atoms with Gasteiger partial charge in [0.15, 0.2) is 5.65 Å². The Morgan fingerprint density at radius 1 is 1.35 bits per heavy atom. The van der Waals surface area contributed by atoms with Gasteiger partial charge in [0.1, 0.15) is 11.3 Å². The van der Waals surface area contributed by atoms with Gasteiger partial charge < -0.3 is 4.57 Å². The molecule has 0 aliphatic carbocycles. The van der Waals surface area contributed by atoms with Crippen LogP contribution in [-0.4, -0.2) is 19.3 Å². The molecule has 0 saturated heterocycles. The molecule has 0 radical (unpaired) electrons. The highest BCUT2D eigenvalue weighted by Gasteiger charge is 2.17. The summed E-state index contributed by atoms with van der Waals surface area (Å²) in [7, 11) is 1.83. The van der Waals surface area contributed by atoms with Gasteiger partial charge in [-0.3, -0.25) is 4.79 Å². The van der Waals surface area contributed by atoms with Crippen LogP contribution in [0, 0.1) is 12.7 Å². The van der Waals surface area contributed by atoms with Crippen LogP contribution in [0.25, 0.3) is 21.3 Å². The molecule has 5 nitrogen and oxygen atoms in total. The standard InChI is InChI=1S/C16H13FN4OS/c1-9-19-15-14(23-9)12-7-18-21(16(22)13(12)20(15)2)8-10-4-3-5-11(17)6-10/h3-7H,8H2,1-2H3. The van der Waals surface area contributed by atoms with E-state index in [4.69, 9.17) is 0 Å². The number of halogens is 1. The largest absolute Gasteiger partial charge is 0.323 e. The van der Waals surface area contributed by atoms with Gasteiger partial charge in [0.2, 0.25) is 0 Å².